The molecule has 4 heterocycles. The summed E-state index contributed by atoms with van der Waals surface area (Å²) in [5.74, 6) is 2.20. The lowest BCUT2D eigenvalue weighted by molar-refractivity contribution is -0.133. The quantitative estimate of drug-likeness (QED) is 0.604. The van der Waals surface area contributed by atoms with Gasteiger partial charge in [-0.2, -0.15) is 0 Å². The average Bonchev–Trinajstić information content (AvgIpc) is 3.19. The van der Waals surface area contributed by atoms with E-state index in [0.29, 0.717) is 17.4 Å². The Hall–Kier alpha value is -1.83. The molecule has 0 aromatic rings. The van der Waals surface area contributed by atoms with Crippen molar-refractivity contribution in [1.29, 1.82) is 0 Å². The highest BCUT2D eigenvalue weighted by molar-refractivity contribution is 5.94. The smallest absolute Gasteiger partial charge is 0.345 e. The van der Waals surface area contributed by atoms with Gasteiger partial charge in [-0.1, -0.05) is 27.2 Å². The molecule has 2 N–H and O–H groups in total. The average molecular weight is 448 g/mol. The molecule has 178 valence electrons. The zero-order valence-electron chi connectivity index (χ0n) is 19.7. The van der Waals surface area contributed by atoms with Crippen LogP contribution >= 0.6 is 0 Å². The molecule has 7 heteroatoms. The van der Waals surface area contributed by atoms with E-state index in [4.69, 9.17) is 14.2 Å². The van der Waals surface area contributed by atoms with E-state index in [1.54, 1.807) is 0 Å². The maximum atomic E-state index is 12.2. The minimum Gasteiger partial charge on any atom is -0.492 e. The molecule has 2 saturated heterocycles. The normalized spacial score (nSPS) is 34.0. The van der Waals surface area contributed by atoms with Crippen molar-refractivity contribution in [2.45, 2.75) is 77.5 Å². The molecular formula is C25H37NO6. The lowest BCUT2D eigenvalue weighted by atomic mass is 9.79. The van der Waals surface area contributed by atoms with E-state index in [2.05, 4.69) is 31.7 Å². The number of hydrogen-bond acceptors (Lipinski definition) is 7. The summed E-state index contributed by atoms with van der Waals surface area (Å²) in [7, 11) is 1.47. The van der Waals surface area contributed by atoms with Gasteiger partial charge in [-0.3, -0.25) is 4.90 Å². The van der Waals surface area contributed by atoms with E-state index in [9.17, 15) is 15.0 Å². The molecule has 0 amide bonds. The lowest BCUT2D eigenvalue weighted by Crippen LogP contribution is -2.54. The molecule has 0 radical (unpaired) electrons. The van der Waals surface area contributed by atoms with Gasteiger partial charge in [0.15, 0.2) is 11.5 Å². The predicted octanol–water partition coefficient (Wildman–Crippen LogP) is 3.24. The minimum absolute atomic E-state index is 0.00982. The number of rotatable bonds is 6. The van der Waals surface area contributed by atoms with Gasteiger partial charge in [0.1, 0.15) is 11.3 Å². The molecule has 2 fully saturated rings. The molecule has 0 aromatic carbocycles. The third-order valence-corrected chi connectivity index (χ3v) is 7.50. The molecule has 0 saturated carbocycles. The summed E-state index contributed by atoms with van der Waals surface area (Å²) >= 11 is 0. The number of cyclic esters (lactones) is 1. The molecule has 5 atom stereocenters. The summed E-state index contributed by atoms with van der Waals surface area (Å²) in [5, 5.41) is 20.6. The molecule has 0 aromatic heterocycles. The van der Waals surface area contributed by atoms with Crippen molar-refractivity contribution < 1.29 is 29.2 Å². The predicted molar refractivity (Wildman–Crippen MR) is 119 cm³/mol. The number of hydrogen-bond donors (Lipinski definition) is 2. The number of carbonyl (C=O) groups excluding carboxylic acids is 1. The summed E-state index contributed by atoms with van der Waals surface area (Å²) in [6, 6.07) is 0.442. The van der Waals surface area contributed by atoms with Crippen LogP contribution < -0.4 is 0 Å². The molecule has 0 spiro atoms. The molecule has 4 rings (SSSR count). The van der Waals surface area contributed by atoms with Gasteiger partial charge in [0.05, 0.1) is 19.8 Å². The van der Waals surface area contributed by atoms with Crippen LogP contribution in [0, 0.1) is 17.8 Å². The molecule has 32 heavy (non-hydrogen) atoms. The number of fused-ring (bicyclic) bond motifs is 3. The molecule has 0 aliphatic carbocycles. The SMILES string of the molecule is COC1=C(CO)C(=O)O/C1=C1/OC2=CCCN3[C@@H](CCC[C@H]3[C@@H](O)CCC(C)C)[C@H]2[C@@H]1C. The van der Waals surface area contributed by atoms with Gasteiger partial charge in [-0.05, 0) is 44.1 Å². The van der Waals surface area contributed by atoms with E-state index in [1.165, 1.54) is 7.11 Å². The Morgan fingerprint density at radius 1 is 1.25 bits per heavy atom. The van der Waals surface area contributed by atoms with E-state index in [0.717, 1.165) is 50.8 Å². The zero-order valence-corrected chi connectivity index (χ0v) is 19.7. The van der Waals surface area contributed by atoms with Crippen LogP contribution in [-0.2, 0) is 19.0 Å². The largest absolute Gasteiger partial charge is 0.492 e. The first-order chi connectivity index (χ1) is 15.4. The fraction of sp³-hybridized carbons (Fsp3) is 0.720. The van der Waals surface area contributed by atoms with Gasteiger partial charge in [0.2, 0.25) is 5.76 Å². The summed E-state index contributed by atoms with van der Waals surface area (Å²) in [6.45, 7) is 6.99. The van der Waals surface area contributed by atoms with Crippen LogP contribution in [0.15, 0.2) is 34.7 Å². The highest BCUT2D eigenvalue weighted by atomic mass is 16.6. The fourth-order valence-corrected chi connectivity index (χ4v) is 5.89. The van der Waals surface area contributed by atoms with Crippen LogP contribution in [0.2, 0.25) is 0 Å². The maximum Gasteiger partial charge on any atom is 0.345 e. The molecule has 7 nitrogen and oxygen atoms in total. The second-order valence-electron chi connectivity index (χ2n) is 9.91. The van der Waals surface area contributed by atoms with Crippen LogP contribution in [0.3, 0.4) is 0 Å². The third kappa shape index (κ3) is 4.11. The first-order valence-corrected chi connectivity index (χ1v) is 12.0. The number of esters is 1. The zero-order chi connectivity index (χ0) is 23.0. The molecule has 4 aliphatic heterocycles. The Kier molecular flexibility index (Phi) is 6.98. The van der Waals surface area contributed by atoms with Gasteiger partial charge in [-0.15, -0.1) is 0 Å². The maximum absolute atomic E-state index is 12.2. The second-order valence-corrected chi connectivity index (χ2v) is 9.91. The summed E-state index contributed by atoms with van der Waals surface area (Å²) < 4.78 is 17.2. The minimum atomic E-state index is -0.587. The monoisotopic (exact) mass is 447 g/mol. The highest BCUT2D eigenvalue weighted by Gasteiger charge is 2.50. The van der Waals surface area contributed by atoms with E-state index in [-0.39, 0.29) is 41.4 Å². The molecule has 4 aliphatic rings. The Morgan fingerprint density at radius 2 is 2.03 bits per heavy atom. The number of nitrogens with zero attached hydrogens (tertiary/aromatic N) is 1. The molecule has 0 unspecified atom stereocenters. The Labute approximate surface area is 190 Å². The first kappa shape index (κ1) is 23.3. The van der Waals surface area contributed by atoms with Crippen LogP contribution in [0.5, 0.6) is 0 Å². The van der Waals surface area contributed by atoms with E-state index < -0.39 is 12.6 Å². The van der Waals surface area contributed by atoms with Crippen LogP contribution in [0.25, 0.3) is 0 Å². The highest BCUT2D eigenvalue weighted by Crippen LogP contribution is 2.49. The Bertz CT molecular complexity index is 828. The van der Waals surface area contributed by atoms with Gasteiger partial charge in [0, 0.05) is 30.5 Å². The number of ether oxygens (including phenoxy) is 3. The van der Waals surface area contributed by atoms with Crippen molar-refractivity contribution in [1.82, 2.24) is 4.90 Å². The van der Waals surface area contributed by atoms with Crippen molar-refractivity contribution in [2.75, 3.05) is 20.3 Å². The van der Waals surface area contributed by atoms with Crippen molar-refractivity contribution in [3.05, 3.63) is 34.7 Å². The number of allylic oxidation sites excluding steroid dienone is 1. The number of aliphatic hydroxyl groups is 2. The van der Waals surface area contributed by atoms with Crippen LogP contribution in [0.4, 0.5) is 0 Å². The van der Waals surface area contributed by atoms with E-state index >= 15 is 0 Å². The first-order valence-electron chi connectivity index (χ1n) is 12.0. The summed E-state index contributed by atoms with van der Waals surface area (Å²) in [6.07, 6.45) is 7.73. The third-order valence-electron chi connectivity index (χ3n) is 7.50. The summed E-state index contributed by atoms with van der Waals surface area (Å²) in [5.41, 5.74) is 0.125. The fourth-order valence-electron chi connectivity index (χ4n) is 5.89. The van der Waals surface area contributed by atoms with Gasteiger partial charge >= 0.3 is 5.97 Å². The van der Waals surface area contributed by atoms with Gasteiger partial charge < -0.3 is 24.4 Å². The van der Waals surface area contributed by atoms with Crippen molar-refractivity contribution in [2.24, 2.45) is 17.8 Å². The number of aliphatic hydroxyl groups excluding tert-OH is 2. The topological polar surface area (TPSA) is 88.5 Å². The Balaban J connectivity index is 1.62. The van der Waals surface area contributed by atoms with Gasteiger partial charge in [0.25, 0.3) is 0 Å². The van der Waals surface area contributed by atoms with Crippen LogP contribution in [0.1, 0.15) is 59.3 Å². The Morgan fingerprint density at radius 3 is 2.72 bits per heavy atom. The summed E-state index contributed by atoms with van der Waals surface area (Å²) in [4.78, 5) is 14.7. The van der Waals surface area contributed by atoms with Crippen molar-refractivity contribution in [3.8, 4) is 0 Å². The standard InChI is InChI=1S/C25H37NO6/c1-14(2)10-11-19(28)17-7-5-8-18-21-15(3)22(31-20(21)9-6-12-26(17)18)24-23(30-4)16(13-27)25(29)32-24/h9,14-15,17-19,21,27-28H,5-8,10-13H2,1-4H3/b24-22+/t15-,17-,18-,19-,21+/m0/s1. The van der Waals surface area contributed by atoms with Crippen molar-refractivity contribution >= 4 is 5.97 Å². The molecular weight excluding hydrogens is 410 g/mol. The van der Waals surface area contributed by atoms with Gasteiger partial charge in [-0.25, -0.2) is 4.79 Å². The lowest BCUT2D eigenvalue weighted by Gasteiger charge is -2.46. The second kappa shape index (κ2) is 9.57. The number of methoxy groups -OCH3 is 1. The molecule has 0 bridgehead atoms. The van der Waals surface area contributed by atoms with Crippen LogP contribution in [-0.4, -0.2) is 59.5 Å². The number of carbonyl (C=O) groups is 1. The van der Waals surface area contributed by atoms with Crippen molar-refractivity contribution in [3.63, 3.8) is 0 Å². The van der Waals surface area contributed by atoms with E-state index in [1.807, 2.05) is 0 Å². The number of piperidine rings is 1.